The molecule has 4 aromatic rings. The van der Waals surface area contributed by atoms with Crippen molar-refractivity contribution in [3.63, 3.8) is 0 Å². The van der Waals surface area contributed by atoms with Gasteiger partial charge in [-0.2, -0.15) is 4.99 Å². The molecular weight excluding hydrogens is 485 g/mol. The largest absolute Gasteiger partial charge is 0.314 e. The van der Waals surface area contributed by atoms with Crippen LogP contribution in [0, 0.1) is 5.82 Å². The highest BCUT2D eigenvalue weighted by atomic mass is 32.2. The molecule has 0 unspecified atom stereocenters. The second kappa shape index (κ2) is 9.39. The fourth-order valence-electron chi connectivity index (χ4n) is 4.40. The first-order chi connectivity index (χ1) is 16.9. The standard InChI is InChI=1S/C26H24FN3O3S2/c1-2-16-29-24-21(27)9-5-11-23(24)34-26(29)28-25(31)19-12-14-20(15-13-19)35(32,33)30-17-6-8-18-7-3-4-10-22(18)30/h3-5,7,9-15H,2,6,8,16-17H2,1H3. The monoisotopic (exact) mass is 509 g/mol. The van der Waals surface area contributed by atoms with E-state index >= 15 is 0 Å². The highest BCUT2D eigenvalue weighted by Gasteiger charge is 2.29. The summed E-state index contributed by atoms with van der Waals surface area (Å²) < 4.78 is 45.0. The first-order valence-corrected chi connectivity index (χ1v) is 13.7. The van der Waals surface area contributed by atoms with E-state index in [2.05, 4.69) is 4.99 Å². The van der Waals surface area contributed by atoms with E-state index in [0.717, 1.165) is 24.8 Å². The lowest BCUT2D eigenvalue weighted by Crippen LogP contribution is -2.35. The number of anilines is 1. The number of aromatic nitrogens is 1. The number of halogens is 1. The Hall–Kier alpha value is -3.30. The van der Waals surface area contributed by atoms with Crippen molar-refractivity contribution in [2.24, 2.45) is 4.99 Å². The molecule has 1 aliphatic heterocycles. The average molecular weight is 510 g/mol. The summed E-state index contributed by atoms with van der Waals surface area (Å²) >= 11 is 1.25. The van der Waals surface area contributed by atoms with Gasteiger partial charge < -0.3 is 4.57 Å². The average Bonchev–Trinajstić information content (AvgIpc) is 3.22. The van der Waals surface area contributed by atoms with E-state index in [1.165, 1.54) is 46.0 Å². The summed E-state index contributed by atoms with van der Waals surface area (Å²) in [6.07, 6.45) is 2.35. The molecule has 0 aliphatic carbocycles. The number of para-hydroxylation sites is 2. The van der Waals surface area contributed by atoms with Crippen molar-refractivity contribution in [2.45, 2.75) is 37.6 Å². The van der Waals surface area contributed by atoms with Gasteiger partial charge in [0, 0.05) is 18.7 Å². The maximum Gasteiger partial charge on any atom is 0.279 e. The molecule has 1 aliphatic rings. The number of nitrogens with zero attached hydrogens (tertiary/aromatic N) is 3. The van der Waals surface area contributed by atoms with Gasteiger partial charge in [0.1, 0.15) is 5.82 Å². The Morgan fingerprint density at radius 1 is 1.06 bits per heavy atom. The highest BCUT2D eigenvalue weighted by molar-refractivity contribution is 7.92. The number of aryl methyl sites for hydroxylation is 2. The van der Waals surface area contributed by atoms with Crippen LogP contribution < -0.4 is 9.11 Å². The number of benzene rings is 3. The Bertz CT molecular complexity index is 1590. The molecule has 0 fully saturated rings. The Morgan fingerprint density at radius 3 is 2.60 bits per heavy atom. The molecule has 35 heavy (non-hydrogen) atoms. The minimum Gasteiger partial charge on any atom is -0.314 e. The lowest BCUT2D eigenvalue weighted by molar-refractivity contribution is 0.0997. The van der Waals surface area contributed by atoms with Gasteiger partial charge in [0.25, 0.3) is 15.9 Å². The number of carbonyl (C=O) groups excluding carboxylic acids is 1. The summed E-state index contributed by atoms with van der Waals surface area (Å²) in [6.45, 7) is 2.92. The van der Waals surface area contributed by atoms with Crippen LogP contribution >= 0.6 is 11.3 Å². The highest BCUT2D eigenvalue weighted by Crippen LogP contribution is 2.31. The van der Waals surface area contributed by atoms with Gasteiger partial charge in [0.2, 0.25) is 0 Å². The zero-order chi connectivity index (χ0) is 24.6. The number of sulfonamides is 1. The van der Waals surface area contributed by atoms with Crippen LogP contribution in [0.25, 0.3) is 10.2 Å². The van der Waals surface area contributed by atoms with Crippen LogP contribution in [0.15, 0.2) is 76.6 Å². The number of hydrogen-bond acceptors (Lipinski definition) is 4. The molecule has 0 N–H and O–H groups in total. The normalized spacial score (nSPS) is 14.3. The molecule has 0 atom stereocenters. The van der Waals surface area contributed by atoms with Crippen LogP contribution in [0.2, 0.25) is 0 Å². The quantitative estimate of drug-likeness (QED) is 0.374. The van der Waals surface area contributed by atoms with E-state index in [9.17, 15) is 17.6 Å². The topological polar surface area (TPSA) is 71.7 Å². The van der Waals surface area contributed by atoms with E-state index in [0.29, 0.717) is 33.8 Å². The molecule has 3 aromatic carbocycles. The smallest absolute Gasteiger partial charge is 0.279 e. The van der Waals surface area contributed by atoms with Crippen molar-refractivity contribution < 1.29 is 17.6 Å². The summed E-state index contributed by atoms with van der Waals surface area (Å²) in [6, 6.07) is 18.2. The molecule has 6 nitrogen and oxygen atoms in total. The molecule has 0 bridgehead atoms. The lowest BCUT2D eigenvalue weighted by Gasteiger charge is -2.30. The fraction of sp³-hybridized carbons (Fsp3) is 0.231. The number of hydrogen-bond donors (Lipinski definition) is 0. The van der Waals surface area contributed by atoms with E-state index in [4.69, 9.17) is 0 Å². The fourth-order valence-corrected chi connectivity index (χ4v) is 7.01. The van der Waals surface area contributed by atoms with Crippen LogP contribution in [-0.2, 0) is 23.0 Å². The molecule has 180 valence electrons. The predicted molar refractivity (Wildman–Crippen MR) is 136 cm³/mol. The Balaban J connectivity index is 1.47. The van der Waals surface area contributed by atoms with Gasteiger partial charge in [0.05, 0.1) is 20.8 Å². The third-order valence-corrected chi connectivity index (χ3v) is 8.92. The van der Waals surface area contributed by atoms with Gasteiger partial charge in [0.15, 0.2) is 4.80 Å². The van der Waals surface area contributed by atoms with Gasteiger partial charge in [-0.3, -0.25) is 9.10 Å². The number of thiazole rings is 1. The van der Waals surface area contributed by atoms with E-state index in [1.54, 1.807) is 16.7 Å². The number of fused-ring (bicyclic) bond motifs is 2. The van der Waals surface area contributed by atoms with Gasteiger partial charge in [-0.15, -0.1) is 0 Å². The lowest BCUT2D eigenvalue weighted by atomic mass is 10.0. The second-order valence-electron chi connectivity index (χ2n) is 8.37. The van der Waals surface area contributed by atoms with Gasteiger partial charge in [-0.25, -0.2) is 12.8 Å². The SMILES string of the molecule is CCCn1c(=NC(=O)c2ccc(S(=O)(=O)N3CCCc4ccccc43)cc2)sc2cccc(F)c21. The van der Waals surface area contributed by atoms with Crippen LogP contribution in [0.1, 0.15) is 35.7 Å². The zero-order valence-corrected chi connectivity index (χ0v) is 20.8. The van der Waals surface area contributed by atoms with Gasteiger partial charge >= 0.3 is 0 Å². The third kappa shape index (κ3) is 4.30. The predicted octanol–water partition coefficient (Wildman–Crippen LogP) is 5.13. The first kappa shape index (κ1) is 23.4. The van der Waals surface area contributed by atoms with E-state index < -0.39 is 15.9 Å². The summed E-state index contributed by atoms with van der Waals surface area (Å²) in [5, 5.41) is 0. The van der Waals surface area contributed by atoms with Crippen molar-refractivity contribution in [1.82, 2.24) is 4.57 Å². The van der Waals surface area contributed by atoms with Gasteiger partial charge in [-0.05, 0) is 67.3 Å². The van der Waals surface area contributed by atoms with Crippen molar-refractivity contribution in [3.8, 4) is 0 Å². The summed E-state index contributed by atoms with van der Waals surface area (Å²) in [5.74, 6) is -0.857. The van der Waals surface area contributed by atoms with Crippen LogP contribution in [0.4, 0.5) is 10.1 Å². The molecule has 0 saturated carbocycles. The van der Waals surface area contributed by atoms with Crippen LogP contribution in [0.5, 0.6) is 0 Å². The molecular formula is C26H24FN3O3S2. The summed E-state index contributed by atoms with van der Waals surface area (Å²) in [4.78, 5) is 17.7. The molecule has 9 heteroatoms. The minimum atomic E-state index is -3.77. The van der Waals surface area contributed by atoms with E-state index in [1.807, 2.05) is 31.2 Å². The zero-order valence-electron chi connectivity index (χ0n) is 19.1. The van der Waals surface area contributed by atoms with Crippen LogP contribution in [0.3, 0.4) is 0 Å². The van der Waals surface area contributed by atoms with E-state index in [-0.39, 0.29) is 16.3 Å². The number of rotatable bonds is 5. The number of amides is 1. The Labute approximate surface area is 207 Å². The maximum absolute atomic E-state index is 14.4. The maximum atomic E-state index is 14.4. The molecule has 0 spiro atoms. The molecule has 0 radical (unpaired) electrons. The molecule has 1 aromatic heterocycles. The Morgan fingerprint density at radius 2 is 1.83 bits per heavy atom. The minimum absolute atomic E-state index is 0.121. The van der Waals surface area contributed by atoms with Gasteiger partial charge in [-0.1, -0.05) is 42.5 Å². The van der Waals surface area contributed by atoms with Crippen molar-refractivity contribution in [1.29, 1.82) is 0 Å². The molecule has 2 heterocycles. The van der Waals surface area contributed by atoms with Crippen molar-refractivity contribution in [2.75, 3.05) is 10.8 Å². The number of carbonyl (C=O) groups is 1. The molecule has 1 amide bonds. The first-order valence-electron chi connectivity index (χ1n) is 11.5. The summed E-state index contributed by atoms with van der Waals surface area (Å²) in [5.41, 5.74) is 2.41. The third-order valence-electron chi connectivity index (χ3n) is 6.05. The molecule has 0 saturated heterocycles. The van der Waals surface area contributed by atoms with Crippen LogP contribution in [-0.4, -0.2) is 25.4 Å². The van der Waals surface area contributed by atoms with Crippen molar-refractivity contribution >= 4 is 43.2 Å². The summed E-state index contributed by atoms with van der Waals surface area (Å²) in [7, 11) is -3.77. The van der Waals surface area contributed by atoms with Crippen molar-refractivity contribution in [3.05, 3.63) is 88.5 Å². The molecule has 5 rings (SSSR count). The Kier molecular flexibility index (Phi) is 6.29. The second-order valence-corrected chi connectivity index (χ2v) is 11.2.